The lowest BCUT2D eigenvalue weighted by Crippen LogP contribution is -2.56. The molecular formula is C38H50Cl2N4O4. The highest BCUT2D eigenvalue weighted by atomic mass is 35.5. The molecule has 0 bridgehead atoms. The maximum absolute atomic E-state index is 12.8. The fourth-order valence-corrected chi connectivity index (χ4v) is 7.94. The molecule has 48 heavy (non-hydrogen) atoms. The lowest BCUT2D eigenvalue weighted by Gasteiger charge is -2.45. The van der Waals surface area contributed by atoms with Crippen LogP contribution in [-0.2, 0) is 32.0 Å². The van der Waals surface area contributed by atoms with Gasteiger partial charge < -0.3 is 20.4 Å². The molecule has 0 aromatic heterocycles. The Morgan fingerprint density at radius 3 is 2.04 bits per heavy atom. The molecule has 5 aliphatic rings. The number of carbonyl (C=O) groups is 4. The van der Waals surface area contributed by atoms with E-state index >= 15 is 0 Å². The Hall–Kier alpha value is -2.94. The number of carbonyl (C=O) groups excluding carboxylic acids is 4. The maximum atomic E-state index is 12.8. The third-order valence-corrected chi connectivity index (χ3v) is 11.0. The van der Waals surface area contributed by atoms with Gasteiger partial charge in [-0.15, -0.1) is 11.6 Å². The largest absolute Gasteiger partial charge is 0.354 e. The van der Waals surface area contributed by atoms with Crippen LogP contribution < -0.4 is 10.6 Å². The molecular weight excluding hydrogens is 647 g/mol. The van der Waals surface area contributed by atoms with Crippen LogP contribution in [-0.4, -0.2) is 71.4 Å². The Morgan fingerprint density at radius 2 is 1.40 bits per heavy atom. The van der Waals surface area contributed by atoms with Crippen molar-refractivity contribution in [2.75, 3.05) is 38.6 Å². The average molecular weight is 698 g/mol. The first-order valence-electron chi connectivity index (χ1n) is 17.8. The molecule has 2 aliphatic carbocycles. The van der Waals surface area contributed by atoms with Crippen LogP contribution in [0, 0.1) is 11.8 Å². The summed E-state index contributed by atoms with van der Waals surface area (Å²) in [5.41, 5.74) is 5.33. The number of amides is 3. The molecule has 2 aromatic carbocycles. The molecule has 3 aliphatic heterocycles. The van der Waals surface area contributed by atoms with Crippen LogP contribution in [0.5, 0.6) is 0 Å². The Kier molecular flexibility index (Phi) is 13.8. The first-order chi connectivity index (χ1) is 23.4. The van der Waals surface area contributed by atoms with Crippen molar-refractivity contribution in [2.45, 2.75) is 89.1 Å². The Balaban J connectivity index is 0.000000166. The fraction of sp³-hybridized carbons (Fsp3) is 0.579. The van der Waals surface area contributed by atoms with Crippen molar-refractivity contribution in [3.63, 3.8) is 0 Å². The van der Waals surface area contributed by atoms with E-state index in [4.69, 9.17) is 23.2 Å². The minimum absolute atomic E-state index is 0.0498. The van der Waals surface area contributed by atoms with E-state index in [-0.39, 0.29) is 54.1 Å². The molecule has 7 rings (SSSR count). The van der Waals surface area contributed by atoms with E-state index in [1.54, 1.807) is 0 Å². The number of hydrogen-bond acceptors (Lipinski definition) is 5. The second kappa shape index (κ2) is 18.2. The van der Waals surface area contributed by atoms with Gasteiger partial charge in [-0.25, -0.2) is 0 Å². The summed E-state index contributed by atoms with van der Waals surface area (Å²) in [7, 11) is 0. The number of nitrogens with one attached hydrogen (secondary N) is 2. The summed E-state index contributed by atoms with van der Waals surface area (Å²) < 4.78 is 0. The number of rotatable bonds is 5. The highest BCUT2D eigenvalue weighted by molar-refractivity contribution is 6.67. The van der Waals surface area contributed by atoms with Crippen LogP contribution in [0.25, 0.3) is 0 Å². The minimum Gasteiger partial charge on any atom is -0.354 e. The monoisotopic (exact) mass is 696 g/mol. The van der Waals surface area contributed by atoms with Gasteiger partial charge in [0.05, 0.1) is 18.5 Å². The number of nitrogens with zero attached hydrogens (tertiary/aromatic N) is 2. The Bertz CT molecular complexity index is 1410. The number of fused-ring (bicyclic) bond motifs is 4. The van der Waals surface area contributed by atoms with Gasteiger partial charge in [0.2, 0.25) is 23.0 Å². The fourth-order valence-electron chi connectivity index (χ4n) is 7.94. The predicted molar refractivity (Wildman–Crippen MR) is 190 cm³/mol. The number of benzene rings is 2. The summed E-state index contributed by atoms with van der Waals surface area (Å²) in [4.78, 5) is 50.9. The highest BCUT2D eigenvalue weighted by Crippen LogP contribution is 2.35. The third-order valence-electron chi connectivity index (χ3n) is 10.5. The number of halogens is 2. The van der Waals surface area contributed by atoms with Gasteiger partial charge in [-0.05, 0) is 78.9 Å². The van der Waals surface area contributed by atoms with Gasteiger partial charge in [0.15, 0.2) is 0 Å². The predicted octanol–water partition coefficient (Wildman–Crippen LogP) is 6.10. The second-order valence-corrected chi connectivity index (χ2v) is 14.3. The van der Waals surface area contributed by atoms with Crippen molar-refractivity contribution >= 4 is 46.2 Å². The molecule has 8 nitrogen and oxygen atoms in total. The van der Waals surface area contributed by atoms with E-state index < -0.39 is 5.24 Å². The van der Waals surface area contributed by atoms with Gasteiger partial charge in [-0.3, -0.25) is 19.2 Å². The van der Waals surface area contributed by atoms with Gasteiger partial charge in [-0.2, -0.15) is 0 Å². The van der Waals surface area contributed by atoms with Gasteiger partial charge in [0.1, 0.15) is 0 Å². The zero-order chi connectivity index (χ0) is 33.9. The van der Waals surface area contributed by atoms with E-state index in [0.29, 0.717) is 13.1 Å². The molecule has 10 heteroatoms. The molecule has 2 atom stereocenters. The molecule has 0 unspecified atom stereocenters. The summed E-state index contributed by atoms with van der Waals surface area (Å²) in [6, 6.07) is 17.3. The van der Waals surface area contributed by atoms with E-state index in [1.165, 1.54) is 47.9 Å². The average Bonchev–Trinajstić information content (AvgIpc) is 3.14. The van der Waals surface area contributed by atoms with Crippen LogP contribution in [0.2, 0.25) is 0 Å². The van der Waals surface area contributed by atoms with Gasteiger partial charge in [0.25, 0.3) is 0 Å². The first-order valence-corrected chi connectivity index (χ1v) is 18.8. The molecule has 3 heterocycles. The normalized spacial score (nSPS) is 22.4. The molecule has 260 valence electrons. The zero-order valence-corrected chi connectivity index (χ0v) is 29.5. The van der Waals surface area contributed by atoms with Crippen LogP contribution in [0.3, 0.4) is 0 Å². The van der Waals surface area contributed by atoms with E-state index in [2.05, 4.69) is 53.1 Å². The van der Waals surface area contributed by atoms with Crippen LogP contribution in [0.1, 0.15) is 98.5 Å². The van der Waals surface area contributed by atoms with Gasteiger partial charge >= 0.3 is 0 Å². The quantitative estimate of drug-likeness (QED) is 0.291. The molecule has 2 saturated carbocycles. The second-order valence-electron chi connectivity index (χ2n) is 13.6. The van der Waals surface area contributed by atoms with Crippen molar-refractivity contribution in [1.82, 2.24) is 20.4 Å². The lowest BCUT2D eigenvalue weighted by atomic mass is 9.87. The third kappa shape index (κ3) is 9.60. The van der Waals surface area contributed by atoms with Crippen molar-refractivity contribution in [3.8, 4) is 0 Å². The standard InChI is InChI=1S/C19H24N2O2.C17H24N2O.C2H2Cl2O/c22-18-13-20(19(23)15-7-2-1-3-8-15)12-17-16-9-5-4-6-14(16)10-11-21(17)18;20-17(14-7-2-1-3-8-14)19-12-16-15-9-5-4-6-13(15)10-11-18-16;3-1-2(4)5/h4-6,9,15,17H,1-3,7-8,10-13H2;4-6,9,14,16,18H,1-3,7-8,10-12H2,(H,19,20);1H2/t17-;16-;/m00./s1. The highest BCUT2D eigenvalue weighted by Gasteiger charge is 2.40. The molecule has 0 radical (unpaired) electrons. The van der Waals surface area contributed by atoms with Crippen molar-refractivity contribution in [2.24, 2.45) is 11.8 Å². The van der Waals surface area contributed by atoms with Crippen molar-refractivity contribution < 1.29 is 19.2 Å². The van der Waals surface area contributed by atoms with E-state index in [1.807, 2.05) is 15.9 Å². The van der Waals surface area contributed by atoms with Crippen molar-refractivity contribution in [3.05, 3.63) is 70.8 Å². The summed E-state index contributed by atoms with van der Waals surface area (Å²) in [5, 5.41) is 6.17. The molecule has 2 N–H and O–H groups in total. The maximum Gasteiger partial charge on any atom is 0.242 e. The summed E-state index contributed by atoms with van der Waals surface area (Å²) in [6.45, 7) is 3.44. The first kappa shape index (κ1) is 36.3. The molecule has 3 amide bonds. The molecule has 2 aromatic rings. The Labute approximate surface area is 295 Å². The lowest BCUT2D eigenvalue weighted by molar-refractivity contribution is -0.152. The molecule has 0 spiro atoms. The van der Waals surface area contributed by atoms with Gasteiger partial charge in [-0.1, -0.05) is 87.1 Å². The van der Waals surface area contributed by atoms with E-state index in [9.17, 15) is 19.2 Å². The minimum atomic E-state index is -0.508. The SMILES string of the molecule is O=C(C1CCCCC1)N1CC(=O)N2CCc3ccccc3[C@@H]2C1.O=C(Cl)CCl.O=C(NC[C@@H]1NCCc2ccccc21)C1CCCCC1. The summed E-state index contributed by atoms with van der Waals surface area (Å²) in [5.74, 6) is 0.876. The molecule has 3 fully saturated rings. The van der Waals surface area contributed by atoms with E-state index in [0.717, 1.165) is 64.5 Å². The number of hydrogen-bond donors (Lipinski definition) is 2. The van der Waals surface area contributed by atoms with Gasteiger partial charge in [0, 0.05) is 37.5 Å². The Morgan fingerprint density at radius 1 is 0.812 bits per heavy atom. The topological polar surface area (TPSA) is 98.8 Å². The zero-order valence-electron chi connectivity index (χ0n) is 27.9. The number of piperazine rings is 1. The summed E-state index contributed by atoms with van der Waals surface area (Å²) >= 11 is 9.55. The van der Waals surface area contributed by atoms with Crippen LogP contribution >= 0.6 is 23.2 Å². The molecule has 1 saturated heterocycles. The number of alkyl halides is 1. The summed E-state index contributed by atoms with van der Waals surface area (Å²) in [6.07, 6.45) is 13.4. The van der Waals surface area contributed by atoms with Crippen LogP contribution in [0.15, 0.2) is 48.5 Å². The smallest absolute Gasteiger partial charge is 0.242 e. The van der Waals surface area contributed by atoms with Crippen LogP contribution in [0.4, 0.5) is 0 Å². The van der Waals surface area contributed by atoms with Crippen molar-refractivity contribution in [1.29, 1.82) is 0 Å².